The van der Waals surface area contributed by atoms with Crippen LogP contribution in [0, 0.1) is 5.92 Å². The Labute approximate surface area is 97.0 Å². The number of quaternary nitrogens is 1. The topological polar surface area (TPSA) is 66.4 Å². The van der Waals surface area contributed by atoms with E-state index in [9.17, 15) is 9.59 Å². The monoisotopic (exact) mass is 231 g/mol. The third-order valence-corrected chi connectivity index (χ3v) is 2.41. The van der Waals surface area contributed by atoms with Gasteiger partial charge in [-0.25, -0.2) is 4.79 Å². The maximum Gasteiger partial charge on any atom is 0.326 e. The fraction of sp³-hybridized carbons (Fsp3) is 0.818. The van der Waals surface area contributed by atoms with E-state index in [1.165, 1.54) is 0 Å². The first-order chi connectivity index (χ1) is 7.17. The van der Waals surface area contributed by atoms with Crippen molar-refractivity contribution in [3.8, 4) is 0 Å². The summed E-state index contributed by atoms with van der Waals surface area (Å²) in [5.41, 5.74) is 0. The molecule has 0 spiro atoms. The number of hydrogen-bond acceptors (Lipinski definition) is 2. The summed E-state index contributed by atoms with van der Waals surface area (Å²) < 4.78 is 0.485. The molecule has 16 heavy (non-hydrogen) atoms. The average Bonchev–Trinajstić information content (AvgIpc) is 2.09. The van der Waals surface area contributed by atoms with Crippen LogP contribution in [0.3, 0.4) is 0 Å². The van der Waals surface area contributed by atoms with Crippen molar-refractivity contribution < 1.29 is 19.2 Å². The minimum Gasteiger partial charge on any atom is -0.480 e. The lowest BCUT2D eigenvalue weighted by Gasteiger charge is -2.25. The Hall–Kier alpha value is -1.10. The second-order valence-corrected chi connectivity index (χ2v) is 5.22. The molecule has 0 radical (unpaired) electrons. The Morgan fingerprint density at radius 3 is 2.12 bits per heavy atom. The number of aliphatic carboxylic acids is 1. The standard InChI is InChI=1S/C11H22N2O3/c1-6-8(2)10(11(15)16)12-9(14)7-13(3,4)5/h8,10H,6-7H2,1-5H3,(H-,12,14,15,16)/p+1/t8-,10-/m0/s1. The Bertz CT molecular complexity index is 258. The number of rotatable bonds is 6. The van der Waals surface area contributed by atoms with E-state index in [0.29, 0.717) is 4.48 Å². The minimum atomic E-state index is -0.968. The summed E-state index contributed by atoms with van der Waals surface area (Å²) in [6.07, 6.45) is 0.724. The summed E-state index contributed by atoms with van der Waals surface area (Å²) >= 11 is 0. The van der Waals surface area contributed by atoms with E-state index in [2.05, 4.69) is 5.32 Å². The van der Waals surface area contributed by atoms with Crippen LogP contribution < -0.4 is 5.32 Å². The van der Waals surface area contributed by atoms with Crippen LogP contribution in [0.15, 0.2) is 0 Å². The van der Waals surface area contributed by atoms with E-state index in [1.54, 1.807) is 0 Å². The van der Waals surface area contributed by atoms with E-state index >= 15 is 0 Å². The number of hydrogen-bond donors (Lipinski definition) is 2. The molecule has 94 valence electrons. The zero-order valence-corrected chi connectivity index (χ0v) is 10.8. The summed E-state index contributed by atoms with van der Waals surface area (Å²) in [4.78, 5) is 22.6. The zero-order valence-electron chi connectivity index (χ0n) is 10.8. The number of amides is 1. The Morgan fingerprint density at radius 1 is 1.31 bits per heavy atom. The predicted octanol–water partition coefficient (Wildman–Crippen LogP) is 0.308. The van der Waals surface area contributed by atoms with E-state index in [0.717, 1.165) is 6.42 Å². The highest BCUT2D eigenvalue weighted by Gasteiger charge is 2.27. The summed E-state index contributed by atoms with van der Waals surface area (Å²) in [5, 5.41) is 11.6. The van der Waals surface area contributed by atoms with E-state index in [4.69, 9.17) is 5.11 Å². The lowest BCUT2D eigenvalue weighted by Crippen LogP contribution is -2.51. The fourth-order valence-corrected chi connectivity index (χ4v) is 1.33. The molecule has 0 aromatic heterocycles. The molecule has 0 heterocycles. The van der Waals surface area contributed by atoms with Crippen molar-refractivity contribution >= 4 is 11.9 Å². The van der Waals surface area contributed by atoms with Crippen molar-refractivity contribution in [3.63, 3.8) is 0 Å². The molecule has 0 aromatic rings. The molecule has 0 aliphatic rings. The highest BCUT2D eigenvalue weighted by molar-refractivity contribution is 5.84. The van der Waals surface area contributed by atoms with Gasteiger partial charge in [-0.15, -0.1) is 0 Å². The smallest absolute Gasteiger partial charge is 0.326 e. The molecule has 0 aliphatic heterocycles. The van der Waals surface area contributed by atoms with E-state index in [-0.39, 0.29) is 18.4 Å². The summed E-state index contributed by atoms with van der Waals surface area (Å²) in [5.74, 6) is -1.25. The molecular formula is C11H23N2O3+. The lowest BCUT2D eigenvalue weighted by molar-refractivity contribution is -0.862. The van der Waals surface area contributed by atoms with Crippen LogP contribution in [0.1, 0.15) is 20.3 Å². The van der Waals surface area contributed by atoms with E-state index in [1.807, 2.05) is 35.0 Å². The molecule has 0 saturated carbocycles. The van der Waals surface area contributed by atoms with Crippen molar-refractivity contribution in [1.29, 1.82) is 0 Å². The second kappa shape index (κ2) is 5.84. The van der Waals surface area contributed by atoms with Gasteiger partial charge >= 0.3 is 5.97 Å². The number of carbonyl (C=O) groups excluding carboxylic acids is 1. The van der Waals surface area contributed by atoms with Crippen LogP contribution in [0.5, 0.6) is 0 Å². The van der Waals surface area contributed by atoms with Crippen molar-refractivity contribution in [2.75, 3.05) is 27.7 Å². The van der Waals surface area contributed by atoms with Gasteiger partial charge in [-0.3, -0.25) is 4.79 Å². The molecule has 2 N–H and O–H groups in total. The van der Waals surface area contributed by atoms with Gasteiger partial charge in [0.1, 0.15) is 6.04 Å². The van der Waals surface area contributed by atoms with Gasteiger partial charge in [0.25, 0.3) is 5.91 Å². The molecule has 1 amide bonds. The van der Waals surface area contributed by atoms with Crippen LogP contribution >= 0.6 is 0 Å². The number of carboxylic acids is 1. The molecule has 0 bridgehead atoms. The van der Waals surface area contributed by atoms with Gasteiger partial charge in [0, 0.05) is 0 Å². The largest absolute Gasteiger partial charge is 0.480 e. The molecule has 5 nitrogen and oxygen atoms in total. The molecule has 0 saturated heterocycles. The highest BCUT2D eigenvalue weighted by atomic mass is 16.4. The summed E-state index contributed by atoms with van der Waals surface area (Å²) in [6, 6.07) is -0.788. The molecule has 0 aliphatic carbocycles. The molecular weight excluding hydrogens is 208 g/mol. The molecule has 5 heteroatoms. The fourth-order valence-electron chi connectivity index (χ4n) is 1.33. The SMILES string of the molecule is CC[C@H](C)[C@H](NC(=O)C[N+](C)(C)C)C(=O)O. The first kappa shape index (κ1) is 14.9. The first-order valence-corrected chi connectivity index (χ1v) is 5.50. The van der Waals surface area contributed by atoms with Crippen LogP contribution in [-0.2, 0) is 9.59 Å². The highest BCUT2D eigenvalue weighted by Crippen LogP contribution is 2.07. The van der Waals surface area contributed by atoms with Gasteiger partial charge in [-0.1, -0.05) is 20.3 Å². The molecule has 0 rings (SSSR count). The van der Waals surface area contributed by atoms with Crippen LogP contribution in [0.2, 0.25) is 0 Å². The third-order valence-electron chi connectivity index (χ3n) is 2.41. The van der Waals surface area contributed by atoms with Crippen molar-refractivity contribution in [2.24, 2.45) is 5.92 Å². The number of nitrogens with zero attached hydrogens (tertiary/aromatic N) is 1. The zero-order chi connectivity index (χ0) is 12.9. The molecule has 2 atom stereocenters. The average molecular weight is 231 g/mol. The Morgan fingerprint density at radius 2 is 1.81 bits per heavy atom. The van der Waals surface area contributed by atoms with Gasteiger partial charge < -0.3 is 14.9 Å². The predicted molar refractivity (Wildman–Crippen MR) is 61.9 cm³/mol. The lowest BCUT2D eigenvalue weighted by atomic mass is 9.99. The van der Waals surface area contributed by atoms with Gasteiger partial charge in [0.05, 0.1) is 21.1 Å². The number of carbonyl (C=O) groups is 2. The molecule has 0 fully saturated rings. The normalized spacial score (nSPS) is 15.3. The van der Waals surface area contributed by atoms with Gasteiger partial charge in [0.15, 0.2) is 6.54 Å². The van der Waals surface area contributed by atoms with Crippen molar-refractivity contribution in [2.45, 2.75) is 26.3 Å². The van der Waals surface area contributed by atoms with Crippen LogP contribution in [0.25, 0.3) is 0 Å². The quantitative estimate of drug-likeness (QED) is 0.646. The molecule has 0 unspecified atom stereocenters. The number of likely N-dealkylation sites (N-methyl/N-ethyl adjacent to an activating group) is 1. The van der Waals surface area contributed by atoms with Gasteiger partial charge in [-0.2, -0.15) is 0 Å². The molecule has 0 aromatic carbocycles. The third kappa shape index (κ3) is 5.70. The number of nitrogens with one attached hydrogen (secondary N) is 1. The van der Waals surface area contributed by atoms with Gasteiger partial charge in [-0.05, 0) is 5.92 Å². The first-order valence-electron chi connectivity index (χ1n) is 5.50. The Balaban J connectivity index is 4.42. The van der Waals surface area contributed by atoms with Crippen molar-refractivity contribution in [3.05, 3.63) is 0 Å². The van der Waals surface area contributed by atoms with Gasteiger partial charge in [0.2, 0.25) is 0 Å². The maximum atomic E-state index is 11.6. The van der Waals surface area contributed by atoms with Crippen molar-refractivity contribution in [1.82, 2.24) is 5.32 Å². The minimum absolute atomic E-state index is 0.0612. The van der Waals surface area contributed by atoms with Crippen LogP contribution in [-0.4, -0.2) is 55.2 Å². The summed E-state index contributed by atoms with van der Waals surface area (Å²) in [7, 11) is 5.66. The van der Waals surface area contributed by atoms with E-state index < -0.39 is 12.0 Å². The second-order valence-electron chi connectivity index (χ2n) is 5.22. The Kier molecular flexibility index (Phi) is 5.44. The summed E-state index contributed by atoms with van der Waals surface area (Å²) in [6.45, 7) is 4.01. The maximum absolute atomic E-state index is 11.6. The number of carboxylic acid groups (broad SMARTS) is 1. The van der Waals surface area contributed by atoms with Crippen LogP contribution in [0.4, 0.5) is 0 Å².